The van der Waals surface area contributed by atoms with Crippen LogP contribution < -0.4 is 9.44 Å². The Labute approximate surface area is 101 Å². The molecule has 0 atom stereocenters. The van der Waals surface area contributed by atoms with Crippen LogP contribution in [0.5, 0.6) is 0 Å². The maximum atomic E-state index is 11.7. The van der Waals surface area contributed by atoms with Crippen molar-refractivity contribution in [1.82, 2.24) is 4.72 Å². The minimum Gasteiger partial charge on any atom is -0.284 e. The Morgan fingerprint density at radius 3 is 2.18 bits per heavy atom. The van der Waals surface area contributed by atoms with Crippen molar-refractivity contribution in [3.8, 4) is 0 Å². The van der Waals surface area contributed by atoms with E-state index in [0.717, 1.165) is 6.26 Å². The molecule has 6 nitrogen and oxygen atoms in total. The fraction of sp³-hybridized carbons (Fsp3) is 0.333. The predicted octanol–water partition coefficient (Wildman–Crippen LogP) is 0.275. The van der Waals surface area contributed by atoms with E-state index in [4.69, 9.17) is 0 Å². The van der Waals surface area contributed by atoms with Crippen LogP contribution >= 0.6 is 0 Å². The van der Waals surface area contributed by atoms with Crippen LogP contribution in [0.25, 0.3) is 0 Å². The van der Waals surface area contributed by atoms with Gasteiger partial charge in [-0.05, 0) is 31.7 Å². The fourth-order valence-electron chi connectivity index (χ4n) is 1.28. The summed E-state index contributed by atoms with van der Waals surface area (Å²) in [6.45, 7) is 1.63. The maximum Gasteiger partial charge on any atom is 0.240 e. The van der Waals surface area contributed by atoms with Gasteiger partial charge in [-0.3, -0.25) is 4.72 Å². The standard InChI is InChI=1S/C9H14N2O4S2/c1-7-4-5-8(11-16(3,12)13)6-9(7)17(14,15)10-2/h4-6,10-11H,1-3H3. The Kier molecular flexibility index (Phi) is 3.80. The molecule has 96 valence electrons. The van der Waals surface area contributed by atoms with Crippen LogP contribution in [0, 0.1) is 6.92 Å². The summed E-state index contributed by atoms with van der Waals surface area (Å²) >= 11 is 0. The van der Waals surface area contributed by atoms with E-state index in [1.54, 1.807) is 6.92 Å². The summed E-state index contributed by atoms with van der Waals surface area (Å²) in [7, 11) is -5.72. The normalized spacial score (nSPS) is 12.4. The summed E-state index contributed by atoms with van der Waals surface area (Å²) in [5, 5.41) is 0. The van der Waals surface area contributed by atoms with Crippen LogP contribution in [-0.4, -0.2) is 30.1 Å². The molecule has 0 bridgehead atoms. The number of hydrogen-bond donors (Lipinski definition) is 2. The first-order chi connectivity index (χ1) is 7.65. The molecule has 0 aliphatic carbocycles. The Bertz CT molecular complexity index is 620. The average Bonchev–Trinajstić information content (AvgIpc) is 2.18. The molecule has 0 spiro atoms. The molecule has 0 amide bonds. The van der Waals surface area contributed by atoms with Gasteiger partial charge >= 0.3 is 0 Å². The quantitative estimate of drug-likeness (QED) is 0.827. The van der Waals surface area contributed by atoms with Crippen molar-refractivity contribution < 1.29 is 16.8 Å². The Hall–Kier alpha value is -1.12. The molecule has 17 heavy (non-hydrogen) atoms. The van der Waals surface area contributed by atoms with Crippen LogP contribution in [0.4, 0.5) is 5.69 Å². The second-order valence-corrected chi connectivity index (χ2v) is 7.17. The van der Waals surface area contributed by atoms with Crippen LogP contribution in [0.2, 0.25) is 0 Å². The number of aryl methyl sites for hydroxylation is 1. The molecule has 0 fully saturated rings. The molecular formula is C9H14N2O4S2. The lowest BCUT2D eigenvalue weighted by molar-refractivity contribution is 0.587. The topological polar surface area (TPSA) is 92.3 Å². The van der Waals surface area contributed by atoms with Crippen LogP contribution in [0.3, 0.4) is 0 Å². The van der Waals surface area contributed by atoms with E-state index in [-0.39, 0.29) is 10.6 Å². The lowest BCUT2D eigenvalue weighted by atomic mass is 10.2. The molecule has 2 N–H and O–H groups in total. The summed E-state index contributed by atoms with van der Waals surface area (Å²) in [5.74, 6) is 0. The highest BCUT2D eigenvalue weighted by Gasteiger charge is 2.15. The van der Waals surface area contributed by atoms with Crippen molar-refractivity contribution in [2.75, 3.05) is 18.0 Å². The van der Waals surface area contributed by atoms with E-state index in [2.05, 4.69) is 9.44 Å². The minimum absolute atomic E-state index is 0.0497. The lowest BCUT2D eigenvalue weighted by Crippen LogP contribution is -2.20. The minimum atomic E-state index is -3.59. The van der Waals surface area contributed by atoms with Gasteiger partial charge in [0, 0.05) is 5.69 Å². The second kappa shape index (κ2) is 4.63. The van der Waals surface area contributed by atoms with Gasteiger partial charge < -0.3 is 0 Å². The smallest absolute Gasteiger partial charge is 0.240 e. The van der Waals surface area contributed by atoms with Gasteiger partial charge in [-0.15, -0.1) is 0 Å². The fourth-order valence-corrected chi connectivity index (χ4v) is 2.83. The first-order valence-electron chi connectivity index (χ1n) is 4.68. The van der Waals surface area contributed by atoms with Gasteiger partial charge in [0.2, 0.25) is 20.0 Å². The monoisotopic (exact) mass is 278 g/mol. The molecule has 1 aromatic rings. The molecule has 8 heteroatoms. The maximum absolute atomic E-state index is 11.7. The Morgan fingerprint density at radius 2 is 1.71 bits per heavy atom. The van der Waals surface area contributed by atoms with Gasteiger partial charge in [0.25, 0.3) is 0 Å². The van der Waals surface area contributed by atoms with E-state index in [1.165, 1.54) is 25.2 Å². The third-order valence-electron chi connectivity index (χ3n) is 2.05. The van der Waals surface area contributed by atoms with Gasteiger partial charge in [0.05, 0.1) is 11.2 Å². The lowest BCUT2D eigenvalue weighted by Gasteiger charge is -2.09. The highest BCUT2D eigenvalue weighted by Crippen LogP contribution is 2.20. The molecule has 1 aromatic carbocycles. The first kappa shape index (κ1) is 13.9. The van der Waals surface area contributed by atoms with Crippen molar-refractivity contribution in [2.24, 2.45) is 0 Å². The van der Waals surface area contributed by atoms with Crippen molar-refractivity contribution in [3.05, 3.63) is 23.8 Å². The van der Waals surface area contributed by atoms with Crippen molar-refractivity contribution in [1.29, 1.82) is 0 Å². The summed E-state index contributed by atoms with van der Waals surface area (Å²) < 4.78 is 49.8. The van der Waals surface area contributed by atoms with Gasteiger partial charge in [-0.2, -0.15) is 0 Å². The molecular weight excluding hydrogens is 264 g/mol. The molecule has 0 aliphatic heterocycles. The van der Waals surface area contributed by atoms with Crippen LogP contribution in [0.1, 0.15) is 5.56 Å². The van der Waals surface area contributed by atoms with Gasteiger partial charge in [0.15, 0.2) is 0 Å². The Balaban J connectivity index is 3.30. The van der Waals surface area contributed by atoms with E-state index >= 15 is 0 Å². The summed E-state index contributed by atoms with van der Waals surface area (Å²) in [6, 6.07) is 4.32. The molecule has 0 heterocycles. The zero-order valence-electron chi connectivity index (χ0n) is 9.68. The molecule has 0 aliphatic rings. The summed E-state index contributed by atoms with van der Waals surface area (Å²) in [6.07, 6.45) is 0.999. The highest BCUT2D eigenvalue weighted by atomic mass is 32.2. The number of benzene rings is 1. The summed E-state index contributed by atoms with van der Waals surface area (Å²) in [4.78, 5) is 0.0497. The average molecular weight is 278 g/mol. The van der Waals surface area contributed by atoms with Gasteiger partial charge in [-0.25, -0.2) is 21.6 Å². The SMILES string of the molecule is CNS(=O)(=O)c1cc(NS(C)(=O)=O)ccc1C. The van der Waals surface area contributed by atoms with Crippen molar-refractivity contribution in [2.45, 2.75) is 11.8 Å². The third-order valence-corrected chi connectivity index (χ3v) is 4.21. The molecule has 0 radical (unpaired) electrons. The molecule has 0 saturated carbocycles. The zero-order chi connectivity index (χ0) is 13.3. The Morgan fingerprint density at radius 1 is 1.12 bits per heavy atom. The van der Waals surface area contributed by atoms with E-state index in [1.807, 2.05) is 0 Å². The molecule has 0 unspecified atom stereocenters. The number of anilines is 1. The predicted molar refractivity (Wildman–Crippen MR) is 65.9 cm³/mol. The number of rotatable bonds is 4. The zero-order valence-corrected chi connectivity index (χ0v) is 11.3. The third kappa shape index (κ3) is 3.69. The van der Waals surface area contributed by atoms with E-state index in [9.17, 15) is 16.8 Å². The van der Waals surface area contributed by atoms with Crippen molar-refractivity contribution in [3.63, 3.8) is 0 Å². The van der Waals surface area contributed by atoms with Gasteiger partial charge in [0.1, 0.15) is 0 Å². The molecule has 1 rings (SSSR count). The second-order valence-electron chi connectivity index (χ2n) is 3.56. The largest absolute Gasteiger partial charge is 0.284 e. The first-order valence-corrected chi connectivity index (χ1v) is 8.05. The van der Waals surface area contributed by atoms with Crippen LogP contribution in [-0.2, 0) is 20.0 Å². The summed E-state index contributed by atoms with van der Waals surface area (Å²) in [5.41, 5.74) is 0.755. The van der Waals surface area contributed by atoms with Gasteiger partial charge in [-0.1, -0.05) is 6.07 Å². The van der Waals surface area contributed by atoms with E-state index < -0.39 is 20.0 Å². The molecule has 0 saturated heterocycles. The molecule has 0 aromatic heterocycles. The number of nitrogens with one attached hydrogen (secondary N) is 2. The number of hydrogen-bond acceptors (Lipinski definition) is 4. The number of sulfonamides is 2. The highest BCUT2D eigenvalue weighted by molar-refractivity contribution is 7.92. The van der Waals surface area contributed by atoms with Crippen molar-refractivity contribution >= 4 is 25.7 Å². The van der Waals surface area contributed by atoms with E-state index in [0.29, 0.717) is 5.56 Å². The van der Waals surface area contributed by atoms with Crippen LogP contribution in [0.15, 0.2) is 23.1 Å².